The molecule has 0 aliphatic carbocycles. The number of nitrogens with zero attached hydrogens (tertiary/aromatic N) is 3. The lowest BCUT2D eigenvalue weighted by Crippen LogP contribution is -2.50. The second-order valence-corrected chi connectivity index (χ2v) is 7.45. The number of carbonyl (C=O) groups excluding carboxylic acids is 2. The van der Waals surface area contributed by atoms with E-state index >= 15 is 0 Å². The van der Waals surface area contributed by atoms with Crippen LogP contribution in [0.5, 0.6) is 0 Å². The van der Waals surface area contributed by atoms with Crippen molar-refractivity contribution in [2.24, 2.45) is 0 Å². The molecule has 26 heavy (non-hydrogen) atoms. The fourth-order valence-corrected chi connectivity index (χ4v) is 3.24. The maximum Gasteiger partial charge on any atom is 0.253 e. The summed E-state index contributed by atoms with van der Waals surface area (Å²) < 4.78 is 0.949. The first-order valence-electron chi connectivity index (χ1n) is 8.57. The molecule has 2 aromatic carbocycles. The van der Waals surface area contributed by atoms with E-state index in [-0.39, 0.29) is 11.8 Å². The van der Waals surface area contributed by atoms with E-state index in [0.717, 1.165) is 10.2 Å². The average Bonchev–Trinajstić information content (AvgIpc) is 2.67. The topological polar surface area (TPSA) is 43.9 Å². The van der Waals surface area contributed by atoms with Gasteiger partial charge < -0.3 is 14.7 Å². The summed E-state index contributed by atoms with van der Waals surface area (Å²) in [4.78, 5) is 30.9. The molecule has 0 atom stereocenters. The summed E-state index contributed by atoms with van der Waals surface area (Å²) in [6, 6.07) is 15.0. The van der Waals surface area contributed by atoms with Crippen molar-refractivity contribution in [3.05, 3.63) is 64.1 Å². The third kappa shape index (κ3) is 4.07. The van der Waals surface area contributed by atoms with Gasteiger partial charge in [0.25, 0.3) is 11.8 Å². The molecule has 2 amide bonds. The second kappa shape index (κ2) is 7.91. The van der Waals surface area contributed by atoms with E-state index < -0.39 is 0 Å². The van der Waals surface area contributed by atoms with Crippen molar-refractivity contribution >= 4 is 33.4 Å². The number of piperazine rings is 1. The summed E-state index contributed by atoms with van der Waals surface area (Å²) in [6.45, 7) is 2.21. The number of hydrogen-bond acceptors (Lipinski definition) is 3. The Bertz CT molecular complexity index is 780. The molecule has 0 aromatic heterocycles. The minimum absolute atomic E-state index is 0.0138. The van der Waals surface area contributed by atoms with Gasteiger partial charge in [-0.1, -0.05) is 15.9 Å². The molecule has 0 radical (unpaired) electrons. The Morgan fingerprint density at radius 2 is 1.15 bits per heavy atom. The monoisotopic (exact) mass is 415 g/mol. The van der Waals surface area contributed by atoms with Crippen LogP contribution in [0.3, 0.4) is 0 Å². The number of amides is 2. The number of halogens is 1. The van der Waals surface area contributed by atoms with Crippen LogP contribution in [0.2, 0.25) is 0 Å². The quantitative estimate of drug-likeness (QED) is 0.773. The molecule has 0 unspecified atom stereocenters. The SMILES string of the molecule is CN(C)c1ccc(C(=O)N2CCN(C(=O)c3ccc(Br)cc3)CC2)cc1. The summed E-state index contributed by atoms with van der Waals surface area (Å²) in [5.74, 6) is 0.0333. The zero-order chi connectivity index (χ0) is 18.7. The molecule has 0 spiro atoms. The molecule has 1 heterocycles. The molecular weight excluding hydrogens is 394 g/mol. The highest BCUT2D eigenvalue weighted by atomic mass is 79.9. The number of benzene rings is 2. The van der Waals surface area contributed by atoms with E-state index in [9.17, 15) is 9.59 Å². The molecule has 1 saturated heterocycles. The van der Waals surface area contributed by atoms with Gasteiger partial charge in [-0.05, 0) is 48.5 Å². The van der Waals surface area contributed by atoms with E-state index in [1.54, 1.807) is 0 Å². The van der Waals surface area contributed by atoms with Gasteiger partial charge in [0.05, 0.1) is 0 Å². The average molecular weight is 416 g/mol. The zero-order valence-electron chi connectivity index (χ0n) is 15.0. The molecule has 1 aliphatic rings. The summed E-state index contributed by atoms with van der Waals surface area (Å²) in [5, 5.41) is 0. The number of rotatable bonds is 3. The number of carbonyl (C=O) groups is 2. The van der Waals surface area contributed by atoms with Gasteiger partial charge in [-0.3, -0.25) is 9.59 Å². The van der Waals surface area contributed by atoms with Gasteiger partial charge >= 0.3 is 0 Å². The van der Waals surface area contributed by atoms with Gasteiger partial charge in [-0.2, -0.15) is 0 Å². The van der Waals surface area contributed by atoms with E-state index in [1.807, 2.05) is 77.3 Å². The third-order valence-electron chi connectivity index (χ3n) is 4.58. The smallest absolute Gasteiger partial charge is 0.253 e. The van der Waals surface area contributed by atoms with Gasteiger partial charge in [0, 0.05) is 61.6 Å². The highest BCUT2D eigenvalue weighted by Gasteiger charge is 2.25. The van der Waals surface area contributed by atoms with E-state index in [2.05, 4.69) is 15.9 Å². The summed E-state index contributed by atoms with van der Waals surface area (Å²) >= 11 is 3.38. The highest BCUT2D eigenvalue weighted by Crippen LogP contribution is 2.17. The molecule has 0 bridgehead atoms. The maximum atomic E-state index is 12.7. The minimum Gasteiger partial charge on any atom is -0.378 e. The molecule has 1 aliphatic heterocycles. The molecule has 2 aromatic rings. The summed E-state index contributed by atoms with van der Waals surface area (Å²) in [5.41, 5.74) is 2.42. The summed E-state index contributed by atoms with van der Waals surface area (Å²) in [7, 11) is 3.94. The van der Waals surface area contributed by atoms with Gasteiger partial charge in [0.1, 0.15) is 0 Å². The van der Waals surface area contributed by atoms with Crippen molar-refractivity contribution in [1.29, 1.82) is 0 Å². The van der Waals surface area contributed by atoms with Gasteiger partial charge in [0.2, 0.25) is 0 Å². The molecule has 0 N–H and O–H groups in total. The molecule has 5 nitrogen and oxygen atoms in total. The molecular formula is C20H22BrN3O2. The first kappa shape index (κ1) is 18.5. The Morgan fingerprint density at radius 1 is 0.769 bits per heavy atom. The summed E-state index contributed by atoms with van der Waals surface area (Å²) in [6.07, 6.45) is 0. The van der Waals surface area contributed by atoms with Crippen LogP contribution >= 0.6 is 15.9 Å². The predicted octanol–water partition coefficient (Wildman–Crippen LogP) is 3.11. The van der Waals surface area contributed by atoms with Crippen LogP contribution < -0.4 is 4.90 Å². The Balaban J connectivity index is 1.60. The Kier molecular flexibility index (Phi) is 5.61. The second-order valence-electron chi connectivity index (χ2n) is 6.53. The molecule has 1 fully saturated rings. The van der Waals surface area contributed by atoms with Gasteiger partial charge in [0.15, 0.2) is 0 Å². The number of hydrogen-bond donors (Lipinski definition) is 0. The standard InChI is InChI=1S/C20H22BrN3O2/c1-22(2)18-9-5-16(6-10-18)20(26)24-13-11-23(12-14-24)19(25)15-3-7-17(21)8-4-15/h3-10H,11-14H2,1-2H3. The highest BCUT2D eigenvalue weighted by molar-refractivity contribution is 9.10. The lowest BCUT2D eigenvalue weighted by Gasteiger charge is -2.35. The van der Waals surface area contributed by atoms with Gasteiger partial charge in [-0.15, -0.1) is 0 Å². The molecule has 136 valence electrons. The largest absolute Gasteiger partial charge is 0.378 e. The van der Waals surface area contributed by atoms with Crippen LogP contribution in [0.1, 0.15) is 20.7 Å². The first-order chi connectivity index (χ1) is 12.5. The van der Waals surface area contributed by atoms with Crippen molar-refractivity contribution < 1.29 is 9.59 Å². The van der Waals surface area contributed by atoms with Crippen molar-refractivity contribution in [3.63, 3.8) is 0 Å². The normalized spacial score (nSPS) is 14.3. The van der Waals surface area contributed by atoms with Gasteiger partial charge in [-0.25, -0.2) is 0 Å². The lowest BCUT2D eigenvalue weighted by molar-refractivity contribution is 0.0535. The minimum atomic E-state index is 0.0138. The Hall–Kier alpha value is -2.34. The Morgan fingerprint density at radius 3 is 1.54 bits per heavy atom. The van der Waals surface area contributed by atoms with Crippen molar-refractivity contribution in [2.45, 2.75) is 0 Å². The van der Waals surface area contributed by atoms with E-state index in [1.165, 1.54) is 0 Å². The lowest BCUT2D eigenvalue weighted by atomic mass is 10.1. The van der Waals surface area contributed by atoms with E-state index in [0.29, 0.717) is 37.3 Å². The van der Waals surface area contributed by atoms with Crippen LogP contribution in [0, 0.1) is 0 Å². The fourth-order valence-electron chi connectivity index (χ4n) is 2.97. The fraction of sp³-hybridized carbons (Fsp3) is 0.300. The van der Waals surface area contributed by atoms with Crippen LogP contribution in [0.15, 0.2) is 53.0 Å². The predicted molar refractivity (Wildman–Crippen MR) is 107 cm³/mol. The molecule has 6 heteroatoms. The van der Waals surface area contributed by atoms with Crippen LogP contribution in [-0.4, -0.2) is 61.9 Å². The van der Waals surface area contributed by atoms with Crippen molar-refractivity contribution in [2.75, 3.05) is 45.2 Å². The van der Waals surface area contributed by atoms with Crippen LogP contribution in [-0.2, 0) is 0 Å². The van der Waals surface area contributed by atoms with Crippen LogP contribution in [0.25, 0.3) is 0 Å². The van der Waals surface area contributed by atoms with Crippen LogP contribution in [0.4, 0.5) is 5.69 Å². The van der Waals surface area contributed by atoms with Crippen molar-refractivity contribution in [1.82, 2.24) is 9.80 Å². The Labute approximate surface area is 162 Å². The first-order valence-corrected chi connectivity index (χ1v) is 9.36. The van der Waals surface area contributed by atoms with Crippen molar-refractivity contribution in [3.8, 4) is 0 Å². The van der Waals surface area contributed by atoms with E-state index in [4.69, 9.17) is 0 Å². The third-order valence-corrected chi connectivity index (χ3v) is 5.10. The maximum absolute atomic E-state index is 12.7. The number of anilines is 1. The zero-order valence-corrected chi connectivity index (χ0v) is 16.6. The molecule has 3 rings (SSSR count). The molecule has 0 saturated carbocycles.